The summed E-state index contributed by atoms with van der Waals surface area (Å²) in [6.07, 6.45) is -0.193. The van der Waals surface area contributed by atoms with Crippen LogP contribution in [0.25, 0.3) is 0 Å². The van der Waals surface area contributed by atoms with Crippen LogP contribution in [0.5, 0.6) is 5.75 Å². The summed E-state index contributed by atoms with van der Waals surface area (Å²) in [5, 5.41) is 10.1. The molecule has 2 aromatic rings. The molecule has 0 bridgehead atoms. The third-order valence-electron chi connectivity index (χ3n) is 2.83. The van der Waals surface area contributed by atoms with E-state index in [1.54, 1.807) is 12.1 Å². The summed E-state index contributed by atoms with van der Waals surface area (Å²) in [7, 11) is 0. The second-order valence-electron chi connectivity index (χ2n) is 4.29. The zero-order chi connectivity index (χ0) is 14.5. The number of aliphatic hydroxyl groups excluding tert-OH is 1. The van der Waals surface area contributed by atoms with Crippen LogP contribution in [-0.4, -0.2) is 11.7 Å². The first-order chi connectivity index (χ1) is 9.54. The van der Waals surface area contributed by atoms with Crippen LogP contribution in [0, 0.1) is 3.57 Å². The van der Waals surface area contributed by atoms with Crippen LogP contribution in [0.4, 0.5) is 8.78 Å². The predicted molar refractivity (Wildman–Crippen MR) is 80.9 cm³/mol. The summed E-state index contributed by atoms with van der Waals surface area (Å²) in [5.41, 5.74) is 1.69. The lowest BCUT2D eigenvalue weighted by molar-refractivity contribution is -0.0498. The highest BCUT2D eigenvalue weighted by molar-refractivity contribution is 14.1. The van der Waals surface area contributed by atoms with Gasteiger partial charge in [0, 0.05) is 9.99 Å². The number of aliphatic hydroxyl groups is 1. The van der Waals surface area contributed by atoms with Crippen molar-refractivity contribution in [1.29, 1.82) is 0 Å². The number of alkyl halides is 2. The molecular weight excluding hydrogens is 377 g/mol. The van der Waals surface area contributed by atoms with Gasteiger partial charge in [0.2, 0.25) is 0 Å². The third kappa shape index (κ3) is 4.42. The van der Waals surface area contributed by atoms with Crippen LogP contribution in [0.1, 0.15) is 17.2 Å². The Morgan fingerprint density at radius 2 is 1.60 bits per heavy atom. The van der Waals surface area contributed by atoms with Crippen molar-refractivity contribution in [3.05, 3.63) is 63.2 Å². The first-order valence-corrected chi connectivity index (χ1v) is 7.10. The Labute approximate surface area is 129 Å². The maximum atomic E-state index is 12.0. The molecule has 20 heavy (non-hydrogen) atoms. The number of rotatable bonds is 5. The molecule has 0 aromatic heterocycles. The summed E-state index contributed by atoms with van der Waals surface area (Å²) < 4.78 is 29.5. The minimum Gasteiger partial charge on any atom is -0.435 e. The van der Waals surface area contributed by atoms with Crippen molar-refractivity contribution in [3.8, 4) is 5.75 Å². The lowest BCUT2D eigenvalue weighted by atomic mass is 10.0. The van der Waals surface area contributed by atoms with Crippen molar-refractivity contribution in [1.82, 2.24) is 0 Å². The Balaban J connectivity index is 2.01. The van der Waals surface area contributed by atoms with E-state index in [0.29, 0.717) is 12.0 Å². The van der Waals surface area contributed by atoms with Gasteiger partial charge in [0.15, 0.2) is 0 Å². The molecule has 0 aliphatic carbocycles. The maximum absolute atomic E-state index is 12.0. The van der Waals surface area contributed by atoms with Crippen LogP contribution in [0.2, 0.25) is 0 Å². The van der Waals surface area contributed by atoms with Gasteiger partial charge in [0.05, 0.1) is 6.10 Å². The van der Waals surface area contributed by atoms with Crippen molar-refractivity contribution in [2.24, 2.45) is 0 Å². The SMILES string of the molecule is OC(Cc1ccc(I)cc1)c1ccc(OC(F)F)cc1. The minimum atomic E-state index is -2.84. The molecule has 2 aromatic carbocycles. The average Bonchev–Trinajstić information content (AvgIpc) is 2.41. The molecule has 2 nitrogen and oxygen atoms in total. The molecule has 0 spiro atoms. The van der Waals surface area contributed by atoms with Gasteiger partial charge in [-0.3, -0.25) is 0 Å². The summed E-state index contributed by atoms with van der Waals surface area (Å²) >= 11 is 2.22. The van der Waals surface area contributed by atoms with Crippen LogP contribution in [0.15, 0.2) is 48.5 Å². The Kier molecular flexibility index (Phi) is 5.31. The van der Waals surface area contributed by atoms with Crippen molar-refractivity contribution < 1.29 is 18.6 Å². The molecule has 0 radical (unpaired) electrons. The molecule has 0 saturated carbocycles. The molecule has 5 heteroatoms. The fourth-order valence-corrected chi connectivity index (χ4v) is 2.19. The normalized spacial score (nSPS) is 12.4. The van der Waals surface area contributed by atoms with Gasteiger partial charge in [-0.2, -0.15) is 8.78 Å². The van der Waals surface area contributed by atoms with Gasteiger partial charge in [-0.1, -0.05) is 24.3 Å². The topological polar surface area (TPSA) is 29.5 Å². The first-order valence-electron chi connectivity index (χ1n) is 6.02. The van der Waals surface area contributed by atoms with Gasteiger partial charge in [0.25, 0.3) is 0 Å². The van der Waals surface area contributed by atoms with Gasteiger partial charge in [-0.05, 0) is 58.0 Å². The van der Waals surface area contributed by atoms with E-state index < -0.39 is 12.7 Å². The second-order valence-corrected chi connectivity index (χ2v) is 5.54. The van der Waals surface area contributed by atoms with Gasteiger partial charge < -0.3 is 9.84 Å². The molecule has 106 valence electrons. The van der Waals surface area contributed by atoms with E-state index >= 15 is 0 Å². The van der Waals surface area contributed by atoms with Gasteiger partial charge in [-0.25, -0.2) is 0 Å². The molecule has 0 saturated heterocycles. The smallest absolute Gasteiger partial charge is 0.387 e. The number of hydrogen-bond acceptors (Lipinski definition) is 2. The lowest BCUT2D eigenvalue weighted by Gasteiger charge is -2.12. The molecule has 0 amide bonds. The fraction of sp³-hybridized carbons (Fsp3) is 0.200. The van der Waals surface area contributed by atoms with Crippen molar-refractivity contribution in [2.45, 2.75) is 19.1 Å². The predicted octanol–water partition coefficient (Wildman–Crippen LogP) is 4.17. The largest absolute Gasteiger partial charge is 0.435 e. The Morgan fingerprint density at radius 1 is 1.00 bits per heavy atom. The van der Waals surface area contributed by atoms with Crippen molar-refractivity contribution >= 4 is 22.6 Å². The van der Waals surface area contributed by atoms with E-state index in [2.05, 4.69) is 27.3 Å². The fourth-order valence-electron chi connectivity index (χ4n) is 1.83. The molecule has 0 fully saturated rings. The average molecular weight is 390 g/mol. The van der Waals surface area contributed by atoms with Crippen LogP contribution >= 0.6 is 22.6 Å². The van der Waals surface area contributed by atoms with Crippen LogP contribution < -0.4 is 4.74 Å². The molecule has 0 heterocycles. The second kappa shape index (κ2) is 6.99. The van der Waals surface area contributed by atoms with Gasteiger partial charge in [0.1, 0.15) is 5.75 Å². The molecule has 1 atom stereocenters. The Bertz CT molecular complexity index is 541. The number of hydrogen-bond donors (Lipinski definition) is 1. The summed E-state index contributed by atoms with van der Waals surface area (Å²) in [6.45, 7) is -2.84. The highest BCUT2D eigenvalue weighted by atomic mass is 127. The van der Waals surface area contributed by atoms with E-state index in [1.807, 2.05) is 24.3 Å². The summed E-state index contributed by atoms with van der Waals surface area (Å²) in [6, 6.07) is 13.9. The molecule has 0 aliphatic rings. The number of halogens is 3. The standard InChI is InChI=1S/C15H13F2IO2/c16-15(17)20-13-7-3-11(4-8-13)14(19)9-10-1-5-12(18)6-2-10/h1-8,14-15,19H,9H2. The molecule has 1 N–H and O–H groups in total. The highest BCUT2D eigenvalue weighted by Gasteiger charge is 2.10. The lowest BCUT2D eigenvalue weighted by Crippen LogP contribution is -2.04. The molecule has 2 rings (SSSR count). The highest BCUT2D eigenvalue weighted by Crippen LogP contribution is 2.22. The van der Waals surface area contributed by atoms with E-state index in [0.717, 1.165) is 9.13 Å². The van der Waals surface area contributed by atoms with E-state index in [-0.39, 0.29) is 5.75 Å². The van der Waals surface area contributed by atoms with E-state index in [9.17, 15) is 13.9 Å². The number of ether oxygens (including phenoxy) is 1. The monoisotopic (exact) mass is 390 g/mol. The van der Waals surface area contributed by atoms with Crippen molar-refractivity contribution in [3.63, 3.8) is 0 Å². The maximum Gasteiger partial charge on any atom is 0.387 e. The molecular formula is C15H13F2IO2. The van der Waals surface area contributed by atoms with Crippen LogP contribution in [0.3, 0.4) is 0 Å². The van der Waals surface area contributed by atoms with E-state index in [4.69, 9.17) is 0 Å². The Hall–Kier alpha value is -1.21. The summed E-state index contributed by atoms with van der Waals surface area (Å²) in [4.78, 5) is 0. The zero-order valence-electron chi connectivity index (χ0n) is 10.5. The summed E-state index contributed by atoms with van der Waals surface area (Å²) in [5.74, 6) is 0.0882. The Morgan fingerprint density at radius 3 is 2.15 bits per heavy atom. The first kappa shape index (κ1) is 15.2. The molecule has 0 aliphatic heterocycles. The van der Waals surface area contributed by atoms with Gasteiger partial charge >= 0.3 is 6.61 Å². The van der Waals surface area contributed by atoms with Crippen LogP contribution in [-0.2, 0) is 6.42 Å². The minimum absolute atomic E-state index is 0.0882. The quantitative estimate of drug-likeness (QED) is 0.777. The van der Waals surface area contributed by atoms with Crippen molar-refractivity contribution in [2.75, 3.05) is 0 Å². The van der Waals surface area contributed by atoms with E-state index in [1.165, 1.54) is 12.1 Å². The number of benzene rings is 2. The van der Waals surface area contributed by atoms with Gasteiger partial charge in [-0.15, -0.1) is 0 Å². The zero-order valence-corrected chi connectivity index (χ0v) is 12.6. The third-order valence-corrected chi connectivity index (χ3v) is 3.55. The molecule has 1 unspecified atom stereocenters.